The second-order valence-corrected chi connectivity index (χ2v) is 4.17. The van der Waals surface area contributed by atoms with E-state index in [4.69, 9.17) is 4.74 Å². The van der Waals surface area contributed by atoms with Gasteiger partial charge in [0, 0.05) is 6.54 Å². The van der Waals surface area contributed by atoms with Gasteiger partial charge in [0.15, 0.2) is 0 Å². The normalized spacial score (nSPS) is 9.90. The van der Waals surface area contributed by atoms with Gasteiger partial charge in [0.25, 0.3) is 0 Å². The Hall–Kier alpha value is -2.17. The van der Waals surface area contributed by atoms with Gasteiger partial charge in [-0.3, -0.25) is 9.59 Å². The highest BCUT2D eigenvalue weighted by Gasteiger charge is 2.17. The highest BCUT2D eigenvalue weighted by atomic mass is 19.1. The average Bonchev–Trinajstić information content (AvgIpc) is 2.41. The van der Waals surface area contributed by atoms with E-state index >= 15 is 0 Å². The van der Waals surface area contributed by atoms with Gasteiger partial charge in [-0.15, -0.1) is 6.58 Å². The minimum absolute atomic E-state index is 0.105. The fraction of sp³-hybridized carbons (Fsp3) is 0.333. The van der Waals surface area contributed by atoms with Crippen LogP contribution in [-0.4, -0.2) is 36.5 Å². The molecular weight excluding hydrogens is 261 g/mol. The van der Waals surface area contributed by atoms with Crippen LogP contribution in [0.15, 0.2) is 36.9 Å². The maximum atomic E-state index is 12.8. The molecular formula is C15H18FNO3. The molecule has 0 unspecified atom stereocenters. The first-order chi connectivity index (χ1) is 9.56. The molecule has 0 fully saturated rings. The van der Waals surface area contributed by atoms with E-state index in [0.717, 1.165) is 0 Å². The van der Waals surface area contributed by atoms with Crippen LogP contribution in [0.1, 0.15) is 12.5 Å². The molecule has 1 aromatic carbocycles. The summed E-state index contributed by atoms with van der Waals surface area (Å²) in [5.41, 5.74) is 0.689. The van der Waals surface area contributed by atoms with Crippen molar-refractivity contribution in [3.8, 4) is 0 Å². The molecule has 1 aromatic rings. The van der Waals surface area contributed by atoms with Gasteiger partial charge >= 0.3 is 5.97 Å². The number of carbonyl (C=O) groups excluding carboxylic acids is 2. The van der Waals surface area contributed by atoms with Gasteiger partial charge in [0.05, 0.1) is 13.0 Å². The summed E-state index contributed by atoms with van der Waals surface area (Å²) in [5, 5.41) is 0. The van der Waals surface area contributed by atoms with Crippen molar-refractivity contribution in [2.24, 2.45) is 0 Å². The van der Waals surface area contributed by atoms with Gasteiger partial charge < -0.3 is 9.64 Å². The summed E-state index contributed by atoms with van der Waals surface area (Å²) in [7, 11) is 0. The summed E-state index contributed by atoms with van der Waals surface area (Å²) in [5.74, 6) is -1.04. The van der Waals surface area contributed by atoms with Crippen molar-refractivity contribution in [3.05, 3.63) is 48.3 Å². The lowest BCUT2D eigenvalue weighted by atomic mass is 10.1. The molecule has 0 saturated heterocycles. The summed E-state index contributed by atoms with van der Waals surface area (Å²) in [6, 6.07) is 5.69. The Morgan fingerprint density at radius 3 is 2.55 bits per heavy atom. The third kappa shape index (κ3) is 5.22. The van der Waals surface area contributed by atoms with E-state index < -0.39 is 5.97 Å². The van der Waals surface area contributed by atoms with E-state index in [-0.39, 0.29) is 37.8 Å². The molecule has 108 valence electrons. The minimum atomic E-state index is -0.457. The zero-order valence-electron chi connectivity index (χ0n) is 11.5. The Kier molecular flexibility index (Phi) is 6.43. The van der Waals surface area contributed by atoms with Crippen molar-refractivity contribution in [1.29, 1.82) is 0 Å². The number of nitrogens with zero attached hydrogens (tertiary/aromatic N) is 1. The van der Waals surface area contributed by atoms with Crippen molar-refractivity contribution >= 4 is 11.9 Å². The number of ether oxygens (including phenoxy) is 1. The van der Waals surface area contributed by atoms with Crippen molar-refractivity contribution < 1.29 is 18.7 Å². The van der Waals surface area contributed by atoms with Crippen molar-refractivity contribution in [1.82, 2.24) is 4.90 Å². The van der Waals surface area contributed by atoms with Gasteiger partial charge in [0.1, 0.15) is 12.4 Å². The third-order valence-corrected chi connectivity index (χ3v) is 2.60. The molecule has 4 nitrogen and oxygen atoms in total. The second-order valence-electron chi connectivity index (χ2n) is 4.17. The van der Waals surface area contributed by atoms with Gasteiger partial charge in [-0.1, -0.05) is 18.2 Å². The summed E-state index contributed by atoms with van der Waals surface area (Å²) >= 11 is 0. The molecule has 20 heavy (non-hydrogen) atoms. The maximum absolute atomic E-state index is 12.8. The summed E-state index contributed by atoms with van der Waals surface area (Å²) in [4.78, 5) is 24.9. The molecule has 0 aliphatic heterocycles. The lowest BCUT2D eigenvalue weighted by Crippen LogP contribution is -2.37. The van der Waals surface area contributed by atoms with Crippen LogP contribution in [0.25, 0.3) is 0 Å². The quantitative estimate of drug-likeness (QED) is 0.566. The number of hydrogen-bond acceptors (Lipinski definition) is 3. The van der Waals surface area contributed by atoms with E-state index in [1.165, 1.54) is 17.0 Å². The lowest BCUT2D eigenvalue weighted by Gasteiger charge is -2.20. The first kappa shape index (κ1) is 15.9. The van der Waals surface area contributed by atoms with Crippen LogP contribution in [0.3, 0.4) is 0 Å². The first-order valence-electron chi connectivity index (χ1n) is 6.35. The van der Waals surface area contributed by atoms with E-state index in [9.17, 15) is 14.0 Å². The highest BCUT2D eigenvalue weighted by molar-refractivity contribution is 5.83. The average molecular weight is 279 g/mol. The second kappa shape index (κ2) is 8.09. The molecule has 0 radical (unpaired) electrons. The lowest BCUT2D eigenvalue weighted by molar-refractivity contribution is -0.148. The predicted molar refractivity (Wildman–Crippen MR) is 73.5 cm³/mol. The number of hydrogen-bond donors (Lipinski definition) is 0. The van der Waals surface area contributed by atoms with Crippen LogP contribution >= 0.6 is 0 Å². The fourth-order valence-corrected chi connectivity index (χ4v) is 1.66. The molecule has 5 heteroatoms. The summed E-state index contributed by atoms with van der Waals surface area (Å²) in [6.45, 7) is 5.69. The smallest absolute Gasteiger partial charge is 0.325 e. The minimum Gasteiger partial charge on any atom is -0.465 e. The molecule has 0 aliphatic rings. The third-order valence-electron chi connectivity index (χ3n) is 2.60. The van der Waals surface area contributed by atoms with E-state index in [1.54, 1.807) is 25.1 Å². The Bertz CT molecular complexity index is 471. The zero-order valence-corrected chi connectivity index (χ0v) is 11.5. The SMILES string of the molecule is C=CCN(CC(=O)OCC)C(=O)Cc1ccc(F)cc1. The molecule has 0 N–H and O–H groups in total. The molecule has 0 aromatic heterocycles. The molecule has 0 heterocycles. The van der Waals surface area contributed by atoms with Crippen molar-refractivity contribution in [3.63, 3.8) is 0 Å². The molecule has 0 atom stereocenters. The number of amides is 1. The molecule has 0 aliphatic carbocycles. The van der Waals surface area contributed by atoms with Gasteiger partial charge in [-0.2, -0.15) is 0 Å². The standard InChI is InChI=1S/C15H18FNO3/c1-3-9-17(11-15(19)20-4-2)14(18)10-12-5-7-13(16)8-6-12/h3,5-8H,1,4,9-11H2,2H3. The van der Waals surface area contributed by atoms with E-state index in [1.807, 2.05) is 0 Å². The van der Waals surface area contributed by atoms with Crippen LogP contribution in [0.5, 0.6) is 0 Å². The monoisotopic (exact) mass is 279 g/mol. The van der Waals surface area contributed by atoms with E-state index in [0.29, 0.717) is 5.56 Å². The fourth-order valence-electron chi connectivity index (χ4n) is 1.66. The number of rotatable bonds is 7. The highest BCUT2D eigenvalue weighted by Crippen LogP contribution is 2.06. The van der Waals surface area contributed by atoms with Crippen molar-refractivity contribution in [2.45, 2.75) is 13.3 Å². The summed E-state index contributed by atoms with van der Waals surface area (Å²) < 4.78 is 17.6. The number of carbonyl (C=O) groups is 2. The number of benzene rings is 1. The van der Waals surface area contributed by atoms with Crippen LogP contribution in [0.2, 0.25) is 0 Å². The van der Waals surface area contributed by atoms with Gasteiger partial charge in [-0.25, -0.2) is 4.39 Å². The van der Waals surface area contributed by atoms with Crippen LogP contribution in [0, 0.1) is 5.82 Å². The van der Waals surface area contributed by atoms with E-state index in [2.05, 4.69) is 6.58 Å². The predicted octanol–water partition coefficient (Wildman–Crippen LogP) is 1.95. The first-order valence-corrected chi connectivity index (χ1v) is 6.35. The van der Waals surface area contributed by atoms with Gasteiger partial charge in [-0.05, 0) is 24.6 Å². The molecule has 1 amide bonds. The Morgan fingerprint density at radius 2 is 2.00 bits per heavy atom. The van der Waals surface area contributed by atoms with Crippen LogP contribution in [0.4, 0.5) is 4.39 Å². The molecule has 0 spiro atoms. The Labute approximate surface area is 117 Å². The molecule has 0 saturated carbocycles. The zero-order chi connectivity index (χ0) is 15.0. The van der Waals surface area contributed by atoms with Crippen LogP contribution in [-0.2, 0) is 20.7 Å². The molecule has 0 bridgehead atoms. The Morgan fingerprint density at radius 1 is 1.35 bits per heavy atom. The summed E-state index contributed by atoms with van der Waals surface area (Å²) in [6.07, 6.45) is 1.65. The largest absolute Gasteiger partial charge is 0.465 e. The number of esters is 1. The van der Waals surface area contributed by atoms with Crippen LogP contribution < -0.4 is 0 Å². The Balaban J connectivity index is 2.65. The van der Waals surface area contributed by atoms with Gasteiger partial charge in [0.2, 0.25) is 5.91 Å². The maximum Gasteiger partial charge on any atom is 0.325 e. The topological polar surface area (TPSA) is 46.6 Å². The molecule has 1 rings (SSSR count). The van der Waals surface area contributed by atoms with Crippen molar-refractivity contribution in [2.75, 3.05) is 19.7 Å². The number of halogens is 1.